The normalized spacial score (nSPS) is 11.6. The maximum Gasteiger partial charge on any atom is 0.119 e. The molecule has 2 nitrogen and oxygen atoms in total. The van der Waals surface area contributed by atoms with Gasteiger partial charge in [-0.2, -0.15) is 0 Å². The average molecular weight is 408 g/mol. The average Bonchev–Trinajstić information content (AvgIpc) is 2.73. The summed E-state index contributed by atoms with van der Waals surface area (Å²) in [6.45, 7) is 3.83. The van der Waals surface area contributed by atoms with Gasteiger partial charge in [0.05, 0.1) is 0 Å². The fraction of sp³-hybridized carbons (Fsp3) is 0.231. The van der Waals surface area contributed by atoms with Crippen LogP contribution in [0.4, 0.5) is 0 Å². The van der Waals surface area contributed by atoms with Crippen LogP contribution in [-0.2, 0) is 0 Å². The molecule has 0 fully saturated rings. The zero-order valence-electron chi connectivity index (χ0n) is 17.5. The molecule has 0 aliphatic rings. The van der Waals surface area contributed by atoms with Crippen molar-refractivity contribution < 1.29 is 4.74 Å². The number of halogens is 1. The summed E-state index contributed by atoms with van der Waals surface area (Å²) in [6, 6.07) is 29.8. The van der Waals surface area contributed by atoms with Crippen molar-refractivity contribution in [3.63, 3.8) is 0 Å². The Bertz CT molecular complexity index is 887. The number of ether oxygens (including phenoxy) is 1. The van der Waals surface area contributed by atoms with E-state index in [-0.39, 0.29) is 12.4 Å². The number of rotatable bonds is 8. The largest absolute Gasteiger partial charge is 0.492 e. The summed E-state index contributed by atoms with van der Waals surface area (Å²) in [5, 5.41) is 0. The topological polar surface area (TPSA) is 12.5 Å². The van der Waals surface area contributed by atoms with E-state index in [9.17, 15) is 0 Å². The molecule has 0 heterocycles. The lowest BCUT2D eigenvalue weighted by molar-refractivity contribution is 0.261. The van der Waals surface area contributed by atoms with E-state index >= 15 is 0 Å². The fourth-order valence-electron chi connectivity index (χ4n) is 3.35. The lowest BCUT2D eigenvalue weighted by Crippen LogP contribution is -2.19. The predicted octanol–water partition coefficient (Wildman–Crippen LogP) is 6.42. The Labute approximate surface area is 181 Å². The van der Waals surface area contributed by atoms with Crippen LogP contribution in [0.3, 0.4) is 0 Å². The second-order valence-corrected chi connectivity index (χ2v) is 7.12. The molecule has 3 aromatic carbocycles. The molecular formula is C26H30ClNO. The quantitative estimate of drug-likeness (QED) is 0.399. The van der Waals surface area contributed by atoms with E-state index in [1.165, 1.54) is 27.8 Å². The smallest absolute Gasteiger partial charge is 0.119 e. The van der Waals surface area contributed by atoms with Crippen molar-refractivity contribution >= 4 is 23.6 Å². The Hall–Kier alpha value is -2.55. The van der Waals surface area contributed by atoms with E-state index < -0.39 is 0 Å². The summed E-state index contributed by atoms with van der Waals surface area (Å²) in [6.07, 6.45) is 0.968. The standard InChI is InChI=1S/C26H29NO.ClH/c1-4-25(21-11-7-5-8-12-21)26(22-13-9-6-10-14-22)23-15-17-24(18-16-23)28-20-19-27(2)3;/h5-18H,4,19-20H2,1-3H3;1H. The van der Waals surface area contributed by atoms with Crippen LogP contribution in [0.25, 0.3) is 11.1 Å². The summed E-state index contributed by atoms with van der Waals surface area (Å²) in [5.41, 5.74) is 6.37. The van der Waals surface area contributed by atoms with Crippen LogP contribution in [-0.4, -0.2) is 32.1 Å². The minimum Gasteiger partial charge on any atom is -0.492 e. The zero-order valence-corrected chi connectivity index (χ0v) is 18.3. The third kappa shape index (κ3) is 6.22. The third-order valence-electron chi connectivity index (χ3n) is 4.79. The Balaban J connectivity index is 0.00000300. The SMILES string of the molecule is CCC(=C(c1ccccc1)c1ccc(OCCN(C)C)cc1)c1ccccc1.Cl. The Kier molecular flexibility index (Phi) is 8.98. The maximum atomic E-state index is 5.87. The molecule has 0 atom stereocenters. The molecule has 0 N–H and O–H groups in total. The highest BCUT2D eigenvalue weighted by atomic mass is 35.5. The first-order valence-electron chi connectivity index (χ1n) is 9.91. The molecule has 152 valence electrons. The van der Waals surface area contributed by atoms with Gasteiger partial charge >= 0.3 is 0 Å². The molecule has 0 aliphatic heterocycles. The molecule has 0 amide bonds. The summed E-state index contributed by atoms with van der Waals surface area (Å²) in [5.74, 6) is 0.913. The van der Waals surface area contributed by atoms with Crippen LogP contribution in [0, 0.1) is 0 Å². The zero-order chi connectivity index (χ0) is 19.8. The first-order chi connectivity index (χ1) is 13.7. The molecule has 0 spiro atoms. The molecule has 0 aliphatic carbocycles. The van der Waals surface area contributed by atoms with E-state index in [2.05, 4.69) is 111 Å². The van der Waals surface area contributed by atoms with Gasteiger partial charge in [-0.3, -0.25) is 0 Å². The number of likely N-dealkylation sites (N-methyl/N-ethyl adjacent to an activating group) is 1. The highest BCUT2D eigenvalue weighted by molar-refractivity contribution is 5.98. The van der Waals surface area contributed by atoms with Crippen molar-refractivity contribution in [2.45, 2.75) is 13.3 Å². The number of benzene rings is 3. The molecule has 0 saturated heterocycles. The van der Waals surface area contributed by atoms with E-state index in [1.807, 2.05) is 0 Å². The molecule has 0 saturated carbocycles. The minimum atomic E-state index is 0. The van der Waals surface area contributed by atoms with Crippen molar-refractivity contribution in [3.8, 4) is 5.75 Å². The molecule has 3 heteroatoms. The van der Waals surface area contributed by atoms with E-state index in [4.69, 9.17) is 4.74 Å². The van der Waals surface area contributed by atoms with E-state index in [0.717, 1.165) is 18.7 Å². The lowest BCUT2D eigenvalue weighted by Gasteiger charge is -2.17. The van der Waals surface area contributed by atoms with Gasteiger partial charge in [-0.25, -0.2) is 0 Å². The molecule has 0 unspecified atom stereocenters. The fourth-order valence-corrected chi connectivity index (χ4v) is 3.35. The van der Waals surface area contributed by atoms with Crippen LogP contribution >= 0.6 is 12.4 Å². The minimum absolute atomic E-state index is 0. The molecule has 0 aromatic heterocycles. The van der Waals surface area contributed by atoms with Gasteiger partial charge in [0.2, 0.25) is 0 Å². The third-order valence-corrected chi connectivity index (χ3v) is 4.79. The maximum absolute atomic E-state index is 5.87. The number of hydrogen-bond acceptors (Lipinski definition) is 2. The Morgan fingerprint density at radius 2 is 1.24 bits per heavy atom. The first-order valence-corrected chi connectivity index (χ1v) is 9.91. The van der Waals surface area contributed by atoms with E-state index in [0.29, 0.717) is 6.61 Å². The second-order valence-electron chi connectivity index (χ2n) is 7.12. The summed E-state index contributed by atoms with van der Waals surface area (Å²) < 4.78 is 5.87. The Morgan fingerprint density at radius 1 is 0.724 bits per heavy atom. The summed E-state index contributed by atoms with van der Waals surface area (Å²) in [4.78, 5) is 2.12. The monoisotopic (exact) mass is 407 g/mol. The highest BCUT2D eigenvalue weighted by Gasteiger charge is 2.12. The number of nitrogens with zero attached hydrogens (tertiary/aromatic N) is 1. The van der Waals surface area contributed by atoms with Gasteiger partial charge in [-0.15, -0.1) is 12.4 Å². The van der Waals surface area contributed by atoms with Crippen molar-refractivity contribution in [2.75, 3.05) is 27.2 Å². The van der Waals surface area contributed by atoms with Crippen molar-refractivity contribution in [1.29, 1.82) is 0 Å². The highest BCUT2D eigenvalue weighted by Crippen LogP contribution is 2.34. The van der Waals surface area contributed by atoms with Crippen LogP contribution in [0.2, 0.25) is 0 Å². The van der Waals surface area contributed by atoms with Crippen molar-refractivity contribution in [2.24, 2.45) is 0 Å². The Morgan fingerprint density at radius 3 is 1.76 bits per heavy atom. The van der Waals surface area contributed by atoms with Gasteiger partial charge in [0.1, 0.15) is 12.4 Å². The van der Waals surface area contributed by atoms with Crippen LogP contribution in [0.15, 0.2) is 84.9 Å². The molecule has 0 bridgehead atoms. The van der Waals surface area contributed by atoms with E-state index in [1.54, 1.807) is 0 Å². The van der Waals surface area contributed by atoms with Gasteiger partial charge < -0.3 is 9.64 Å². The molecule has 3 aromatic rings. The van der Waals surface area contributed by atoms with Crippen molar-refractivity contribution in [1.82, 2.24) is 4.90 Å². The van der Waals surface area contributed by atoms with Gasteiger partial charge in [-0.05, 0) is 60.5 Å². The van der Waals surface area contributed by atoms with Gasteiger partial charge in [0.25, 0.3) is 0 Å². The second kappa shape index (κ2) is 11.5. The van der Waals surface area contributed by atoms with Crippen LogP contribution < -0.4 is 4.74 Å². The molecular weight excluding hydrogens is 378 g/mol. The van der Waals surface area contributed by atoms with Crippen molar-refractivity contribution in [3.05, 3.63) is 102 Å². The summed E-state index contributed by atoms with van der Waals surface area (Å²) in [7, 11) is 4.11. The molecule has 29 heavy (non-hydrogen) atoms. The van der Waals surface area contributed by atoms with Gasteiger partial charge in [0.15, 0.2) is 0 Å². The predicted molar refractivity (Wildman–Crippen MR) is 127 cm³/mol. The molecule has 0 radical (unpaired) electrons. The van der Waals surface area contributed by atoms with Gasteiger partial charge in [0, 0.05) is 6.54 Å². The first kappa shape index (κ1) is 22.7. The summed E-state index contributed by atoms with van der Waals surface area (Å²) >= 11 is 0. The van der Waals surface area contributed by atoms with Crippen LogP contribution in [0.5, 0.6) is 5.75 Å². The number of allylic oxidation sites excluding steroid dienone is 1. The molecule has 3 rings (SSSR count). The van der Waals surface area contributed by atoms with Crippen LogP contribution in [0.1, 0.15) is 30.0 Å². The lowest BCUT2D eigenvalue weighted by atomic mass is 9.88. The van der Waals surface area contributed by atoms with Gasteiger partial charge in [-0.1, -0.05) is 79.7 Å². The number of hydrogen-bond donors (Lipinski definition) is 0.